The Kier molecular flexibility index (Phi) is 6.18. The molecule has 0 saturated heterocycles. The van der Waals surface area contributed by atoms with Crippen LogP contribution >= 0.6 is 15.9 Å². The molecule has 1 rings (SSSR count). The molecule has 1 aromatic carbocycles. The van der Waals surface area contributed by atoms with Crippen molar-refractivity contribution in [3.63, 3.8) is 0 Å². The quantitative estimate of drug-likeness (QED) is 0.849. The molecule has 1 aromatic rings. The molecule has 0 bridgehead atoms. The van der Waals surface area contributed by atoms with Crippen LogP contribution in [0, 0.1) is 17.2 Å². The Morgan fingerprint density at radius 3 is 2.71 bits per heavy atom. The molecular formula is C14H16BrN3O3. The first-order valence-electron chi connectivity index (χ1n) is 6.37. The third-order valence-electron chi connectivity index (χ3n) is 2.83. The number of benzene rings is 1. The van der Waals surface area contributed by atoms with Crippen LogP contribution in [-0.2, 0) is 0 Å². The van der Waals surface area contributed by atoms with Crippen molar-refractivity contribution < 1.29 is 14.7 Å². The largest absolute Gasteiger partial charge is 0.478 e. The van der Waals surface area contributed by atoms with Gasteiger partial charge in [-0.3, -0.25) is 0 Å². The molecule has 21 heavy (non-hydrogen) atoms. The molecule has 0 radical (unpaired) electrons. The van der Waals surface area contributed by atoms with Crippen molar-refractivity contribution in [2.24, 2.45) is 5.92 Å². The number of halogens is 1. The van der Waals surface area contributed by atoms with Gasteiger partial charge in [0, 0.05) is 23.2 Å². The number of anilines is 1. The van der Waals surface area contributed by atoms with Gasteiger partial charge in [0.1, 0.15) is 0 Å². The molecule has 7 heteroatoms. The minimum Gasteiger partial charge on any atom is -0.478 e. The molecule has 1 unspecified atom stereocenters. The summed E-state index contributed by atoms with van der Waals surface area (Å²) in [5, 5.41) is 20.5. The summed E-state index contributed by atoms with van der Waals surface area (Å²) < 4.78 is 0.443. The molecule has 0 saturated carbocycles. The molecule has 0 aliphatic carbocycles. The number of aromatic carboxylic acids is 1. The van der Waals surface area contributed by atoms with E-state index in [9.17, 15) is 9.59 Å². The zero-order valence-electron chi connectivity index (χ0n) is 11.8. The van der Waals surface area contributed by atoms with E-state index in [0.717, 1.165) is 0 Å². The number of nitriles is 1. The molecular weight excluding hydrogens is 338 g/mol. The van der Waals surface area contributed by atoms with Crippen molar-refractivity contribution in [2.75, 3.05) is 18.4 Å². The molecule has 2 N–H and O–H groups in total. The summed E-state index contributed by atoms with van der Waals surface area (Å²) in [6.07, 6.45) is 0. The Morgan fingerprint density at radius 2 is 2.19 bits per heavy atom. The highest BCUT2D eigenvalue weighted by Crippen LogP contribution is 2.21. The van der Waals surface area contributed by atoms with Crippen LogP contribution in [0.2, 0.25) is 0 Å². The third-order valence-corrected chi connectivity index (χ3v) is 3.52. The molecule has 1 atom stereocenters. The maximum atomic E-state index is 12.1. The first kappa shape index (κ1) is 17.0. The lowest BCUT2D eigenvalue weighted by Crippen LogP contribution is -2.37. The lowest BCUT2D eigenvalue weighted by atomic mass is 10.2. The number of nitrogens with zero attached hydrogens (tertiary/aromatic N) is 2. The average Bonchev–Trinajstić information content (AvgIpc) is 2.45. The second-order valence-corrected chi connectivity index (χ2v) is 5.35. The Labute approximate surface area is 131 Å². The van der Waals surface area contributed by atoms with Gasteiger partial charge in [-0.15, -0.1) is 0 Å². The Hall–Kier alpha value is -2.07. The van der Waals surface area contributed by atoms with Gasteiger partial charge >= 0.3 is 12.0 Å². The number of urea groups is 1. The van der Waals surface area contributed by atoms with Crippen molar-refractivity contribution >= 4 is 33.6 Å². The van der Waals surface area contributed by atoms with E-state index < -0.39 is 5.97 Å². The highest BCUT2D eigenvalue weighted by Gasteiger charge is 2.16. The standard InChI is InChI=1S/C14H16BrN3O3/c1-3-18(8-9(2)7-16)14(21)17-10-4-5-12(15)11(6-10)13(19)20/h4-6,9H,3,8H2,1-2H3,(H,17,21)(H,19,20). The molecule has 0 aromatic heterocycles. The zero-order chi connectivity index (χ0) is 16.0. The SMILES string of the molecule is CCN(CC(C)C#N)C(=O)Nc1ccc(Br)c(C(=O)O)c1. The fraction of sp³-hybridized carbons (Fsp3) is 0.357. The number of carbonyl (C=O) groups is 2. The summed E-state index contributed by atoms with van der Waals surface area (Å²) in [4.78, 5) is 24.6. The van der Waals surface area contributed by atoms with E-state index in [1.54, 1.807) is 19.1 Å². The normalized spacial score (nSPS) is 11.3. The summed E-state index contributed by atoms with van der Waals surface area (Å²) in [5.74, 6) is -1.35. The van der Waals surface area contributed by atoms with Crippen molar-refractivity contribution in [2.45, 2.75) is 13.8 Å². The van der Waals surface area contributed by atoms with E-state index in [1.165, 1.54) is 11.0 Å². The molecule has 0 spiro atoms. The molecule has 0 heterocycles. The maximum absolute atomic E-state index is 12.1. The second-order valence-electron chi connectivity index (χ2n) is 4.50. The van der Waals surface area contributed by atoms with Crippen molar-refractivity contribution in [1.29, 1.82) is 5.26 Å². The summed E-state index contributed by atoms with van der Waals surface area (Å²) in [6, 6.07) is 6.26. The molecule has 0 aliphatic rings. The first-order chi connectivity index (χ1) is 9.88. The molecule has 0 aliphatic heterocycles. The maximum Gasteiger partial charge on any atom is 0.336 e. The van der Waals surface area contributed by atoms with Crippen molar-refractivity contribution in [1.82, 2.24) is 4.90 Å². The zero-order valence-corrected chi connectivity index (χ0v) is 13.3. The minimum atomic E-state index is -1.08. The van der Waals surface area contributed by atoms with Crippen molar-refractivity contribution in [3.8, 4) is 6.07 Å². The van der Waals surface area contributed by atoms with Crippen LogP contribution in [0.4, 0.5) is 10.5 Å². The van der Waals surface area contributed by atoms with Crippen LogP contribution < -0.4 is 5.32 Å². The van der Waals surface area contributed by atoms with Gasteiger partial charge in [0.05, 0.1) is 17.6 Å². The van der Waals surface area contributed by atoms with E-state index in [2.05, 4.69) is 27.3 Å². The van der Waals surface area contributed by atoms with E-state index in [0.29, 0.717) is 23.2 Å². The Morgan fingerprint density at radius 1 is 1.52 bits per heavy atom. The van der Waals surface area contributed by atoms with Crippen LogP contribution in [0.15, 0.2) is 22.7 Å². The third kappa shape index (κ3) is 4.76. The summed E-state index contributed by atoms with van der Waals surface area (Å²) in [7, 11) is 0. The van der Waals surface area contributed by atoms with Gasteiger partial charge in [-0.1, -0.05) is 0 Å². The van der Waals surface area contributed by atoms with Gasteiger partial charge in [0.15, 0.2) is 0 Å². The van der Waals surface area contributed by atoms with Gasteiger partial charge in [-0.05, 0) is 48.0 Å². The van der Waals surface area contributed by atoms with Crippen molar-refractivity contribution in [3.05, 3.63) is 28.2 Å². The van der Waals surface area contributed by atoms with Gasteiger partial charge < -0.3 is 15.3 Å². The topological polar surface area (TPSA) is 93.4 Å². The fourth-order valence-electron chi connectivity index (χ4n) is 1.70. The lowest BCUT2D eigenvalue weighted by Gasteiger charge is -2.22. The number of nitrogens with one attached hydrogen (secondary N) is 1. The van der Waals surface area contributed by atoms with E-state index in [4.69, 9.17) is 10.4 Å². The number of carboxylic acid groups (broad SMARTS) is 1. The van der Waals surface area contributed by atoms with E-state index >= 15 is 0 Å². The Balaban J connectivity index is 2.85. The van der Waals surface area contributed by atoms with E-state index in [1.807, 2.05) is 6.92 Å². The molecule has 0 fully saturated rings. The van der Waals surface area contributed by atoms with Gasteiger partial charge in [-0.25, -0.2) is 9.59 Å². The van der Waals surface area contributed by atoms with Gasteiger partial charge in [0.2, 0.25) is 0 Å². The molecule has 2 amide bonds. The van der Waals surface area contributed by atoms with Gasteiger partial charge in [0.25, 0.3) is 0 Å². The predicted molar refractivity (Wildman–Crippen MR) is 82.1 cm³/mol. The summed E-state index contributed by atoms with van der Waals surface area (Å²) >= 11 is 3.14. The fourth-order valence-corrected chi connectivity index (χ4v) is 2.11. The van der Waals surface area contributed by atoms with Crippen LogP contribution in [-0.4, -0.2) is 35.1 Å². The first-order valence-corrected chi connectivity index (χ1v) is 7.16. The summed E-state index contributed by atoms with van der Waals surface area (Å²) in [6.45, 7) is 4.33. The smallest absolute Gasteiger partial charge is 0.336 e. The second kappa shape index (κ2) is 7.64. The van der Waals surface area contributed by atoms with Crippen LogP contribution in [0.3, 0.4) is 0 Å². The highest BCUT2D eigenvalue weighted by molar-refractivity contribution is 9.10. The average molecular weight is 354 g/mol. The van der Waals surface area contributed by atoms with Crippen LogP contribution in [0.1, 0.15) is 24.2 Å². The minimum absolute atomic E-state index is 0.0706. The summed E-state index contributed by atoms with van der Waals surface area (Å²) in [5.41, 5.74) is 0.463. The number of carboxylic acids is 1. The van der Waals surface area contributed by atoms with Gasteiger partial charge in [-0.2, -0.15) is 5.26 Å². The lowest BCUT2D eigenvalue weighted by molar-refractivity contribution is 0.0696. The van der Waals surface area contributed by atoms with E-state index in [-0.39, 0.29) is 17.5 Å². The number of carbonyl (C=O) groups excluding carboxylic acids is 1. The molecule has 6 nitrogen and oxygen atoms in total. The molecule has 112 valence electrons. The monoisotopic (exact) mass is 353 g/mol. The Bertz CT molecular complexity index is 583. The van der Waals surface area contributed by atoms with Crippen LogP contribution in [0.5, 0.6) is 0 Å². The number of hydrogen-bond acceptors (Lipinski definition) is 3. The van der Waals surface area contributed by atoms with Crippen LogP contribution in [0.25, 0.3) is 0 Å². The number of amides is 2. The highest BCUT2D eigenvalue weighted by atomic mass is 79.9. The number of rotatable bonds is 5. The predicted octanol–water partition coefficient (Wildman–Crippen LogP) is 3.16. The number of hydrogen-bond donors (Lipinski definition) is 2.